The molecule has 0 fully saturated rings. The van der Waals surface area contributed by atoms with E-state index in [-0.39, 0.29) is 24.6 Å². The molecule has 128 valence electrons. The van der Waals surface area contributed by atoms with Gasteiger partial charge in [-0.25, -0.2) is 4.68 Å². The Labute approximate surface area is 149 Å². The molecule has 1 heterocycles. The van der Waals surface area contributed by atoms with Crippen molar-refractivity contribution in [3.8, 4) is 5.69 Å². The van der Waals surface area contributed by atoms with Crippen LogP contribution in [-0.2, 0) is 4.79 Å². The van der Waals surface area contributed by atoms with E-state index in [1.54, 1.807) is 35.9 Å². The van der Waals surface area contributed by atoms with Gasteiger partial charge in [0, 0.05) is 18.8 Å². The zero-order valence-electron chi connectivity index (χ0n) is 13.3. The molecule has 0 unspecified atom stereocenters. The fraction of sp³-hybridized carbons (Fsp3) is 0.312. The largest absolute Gasteiger partial charge is 0.481 e. The monoisotopic (exact) mass is 369 g/mol. The lowest BCUT2D eigenvalue weighted by molar-refractivity contribution is -0.137. The summed E-state index contributed by atoms with van der Waals surface area (Å²) in [5.41, 5.74) is 1.70. The number of carbonyl (C=O) groups is 2. The van der Waals surface area contributed by atoms with Gasteiger partial charge in [-0.05, 0) is 38.1 Å². The number of aromatic nitrogens is 2. The zero-order valence-corrected chi connectivity index (χ0v) is 14.8. The predicted octanol–water partition coefficient (Wildman–Crippen LogP) is 3.42. The van der Waals surface area contributed by atoms with Crippen molar-refractivity contribution >= 4 is 35.1 Å². The first-order valence-corrected chi connectivity index (χ1v) is 8.12. The van der Waals surface area contributed by atoms with Crippen molar-refractivity contribution in [3.63, 3.8) is 0 Å². The number of nitrogens with zero attached hydrogens (tertiary/aromatic N) is 3. The van der Waals surface area contributed by atoms with Crippen LogP contribution in [0.5, 0.6) is 0 Å². The molecule has 6 nitrogen and oxygen atoms in total. The van der Waals surface area contributed by atoms with Crippen molar-refractivity contribution in [1.29, 1.82) is 0 Å². The SMILES string of the molecule is CCN(CCC(=O)O)C(=O)c1cc(C)n(-c2ccc(Cl)c(Cl)c2)n1. The standard InChI is InChI=1S/C16H17Cl2N3O3/c1-3-20(7-6-15(22)23)16(24)14-8-10(2)21(19-14)11-4-5-12(17)13(18)9-11/h4-5,8-9H,3,6-7H2,1-2H3,(H,22,23). The van der Waals surface area contributed by atoms with E-state index in [1.165, 1.54) is 4.90 Å². The van der Waals surface area contributed by atoms with E-state index in [9.17, 15) is 9.59 Å². The molecule has 2 aromatic rings. The molecule has 1 aromatic heterocycles. The number of halogens is 2. The molecule has 8 heteroatoms. The Balaban J connectivity index is 2.28. The van der Waals surface area contributed by atoms with Crippen molar-refractivity contribution in [2.45, 2.75) is 20.3 Å². The quantitative estimate of drug-likeness (QED) is 0.846. The van der Waals surface area contributed by atoms with Crippen LogP contribution in [0.2, 0.25) is 10.0 Å². The molecule has 0 saturated heterocycles. The molecular weight excluding hydrogens is 353 g/mol. The highest BCUT2D eigenvalue weighted by Crippen LogP contribution is 2.25. The van der Waals surface area contributed by atoms with Crippen LogP contribution in [0, 0.1) is 6.92 Å². The second-order valence-corrected chi connectivity index (χ2v) is 6.02. The first kappa shape index (κ1) is 18.3. The van der Waals surface area contributed by atoms with Gasteiger partial charge < -0.3 is 10.0 Å². The predicted molar refractivity (Wildman–Crippen MR) is 92.2 cm³/mol. The third-order valence-corrected chi connectivity index (χ3v) is 4.26. The summed E-state index contributed by atoms with van der Waals surface area (Å²) >= 11 is 11.9. The van der Waals surface area contributed by atoms with Crippen LogP contribution in [0.4, 0.5) is 0 Å². The molecule has 1 N–H and O–H groups in total. The summed E-state index contributed by atoms with van der Waals surface area (Å²) in [7, 11) is 0. The summed E-state index contributed by atoms with van der Waals surface area (Å²) in [5, 5.41) is 13.9. The normalized spacial score (nSPS) is 10.7. The number of rotatable bonds is 6. The number of carboxylic acids is 1. The van der Waals surface area contributed by atoms with Crippen LogP contribution in [-0.4, -0.2) is 44.8 Å². The Kier molecular flexibility index (Phi) is 5.85. The van der Waals surface area contributed by atoms with Crippen LogP contribution in [0.3, 0.4) is 0 Å². The molecule has 1 amide bonds. The van der Waals surface area contributed by atoms with Gasteiger partial charge in [-0.2, -0.15) is 5.10 Å². The molecule has 0 spiro atoms. The van der Waals surface area contributed by atoms with Crippen LogP contribution in [0.1, 0.15) is 29.5 Å². The van der Waals surface area contributed by atoms with Crippen LogP contribution >= 0.6 is 23.2 Å². The molecule has 0 aliphatic heterocycles. The van der Waals surface area contributed by atoms with Crippen LogP contribution < -0.4 is 0 Å². The summed E-state index contributed by atoms with van der Waals surface area (Å²) in [6, 6.07) is 6.74. The lowest BCUT2D eigenvalue weighted by Gasteiger charge is -2.18. The van der Waals surface area contributed by atoms with Gasteiger partial charge in [0.2, 0.25) is 0 Å². The molecule has 24 heavy (non-hydrogen) atoms. The molecule has 0 aliphatic rings. The van der Waals surface area contributed by atoms with Crippen molar-refractivity contribution in [2.75, 3.05) is 13.1 Å². The number of hydrogen-bond donors (Lipinski definition) is 1. The molecule has 0 radical (unpaired) electrons. The fourth-order valence-corrected chi connectivity index (χ4v) is 2.55. The summed E-state index contributed by atoms with van der Waals surface area (Å²) in [6.45, 7) is 4.16. The number of benzene rings is 1. The average Bonchev–Trinajstić information content (AvgIpc) is 2.92. The number of hydrogen-bond acceptors (Lipinski definition) is 3. The Hall–Kier alpha value is -2.05. The highest BCUT2D eigenvalue weighted by atomic mass is 35.5. The summed E-state index contributed by atoms with van der Waals surface area (Å²) in [5.74, 6) is -1.25. The van der Waals surface area contributed by atoms with Gasteiger partial charge in [-0.1, -0.05) is 23.2 Å². The van der Waals surface area contributed by atoms with E-state index in [1.807, 2.05) is 6.92 Å². The molecule has 2 rings (SSSR count). The summed E-state index contributed by atoms with van der Waals surface area (Å²) < 4.78 is 1.60. The topological polar surface area (TPSA) is 75.4 Å². The molecular formula is C16H17Cl2N3O3. The summed E-state index contributed by atoms with van der Waals surface area (Å²) in [6.07, 6.45) is -0.105. The number of carboxylic acid groups (broad SMARTS) is 1. The van der Waals surface area contributed by atoms with Gasteiger partial charge in [0.1, 0.15) is 0 Å². The minimum atomic E-state index is -0.946. The maximum atomic E-state index is 12.5. The van der Waals surface area contributed by atoms with Crippen LogP contribution in [0.25, 0.3) is 5.69 Å². The lowest BCUT2D eigenvalue weighted by atomic mass is 10.3. The first-order valence-electron chi connectivity index (χ1n) is 7.36. The zero-order chi connectivity index (χ0) is 17.9. The highest BCUT2D eigenvalue weighted by Gasteiger charge is 2.19. The molecule has 1 aromatic carbocycles. The van der Waals surface area contributed by atoms with Crippen LogP contribution in [0.15, 0.2) is 24.3 Å². The Morgan fingerprint density at radius 1 is 1.25 bits per heavy atom. The number of aryl methyl sites for hydroxylation is 1. The first-order chi connectivity index (χ1) is 11.3. The molecule has 0 bridgehead atoms. The Morgan fingerprint density at radius 2 is 1.96 bits per heavy atom. The van der Waals surface area contributed by atoms with E-state index in [4.69, 9.17) is 28.3 Å². The van der Waals surface area contributed by atoms with Crippen molar-refractivity contribution in [1.82, 2.24) is 14.7 Å². The highest BCUT2D eigenvalue weighted by molar-refractivity contribution is 6.42. The fourth-order valence-electron chi connectivity index (χ4n) is 2.25. The van der Waals surface area contributed by atoms with Crippen molar-refractivity contribution in [3.05, 3.63) is 45.7 Å². The maximum absolute atomic E-state index is 12.5. The van der Waals surface area contributed by atoms with Gasteiger partial charge >= 0.3 is 5.97 Å². The van der Waals surface area contributed by atoms with Gasteiger partial charge in [-0.15, -0.1) is 0 Å². The van der Waals surface area contributed by atoms with E-state index in [0.29, 0.717) is 22.3 Å². The third-order valence-electron chi connectivity index (χ3n) is 3.52. The van der Waals surface area contributed by atoms with E-state index < -0.39 is 5.97 Å². The minimum absolute atomic E-state index is 0.105. The minimum Gasteiger partial charge on any atom is -0.481 e. The number of carbonyl (C=O) groups excluding carboxylic acids is 1. The van der Waals surface area contributed by atoms with E-state index in [2.05, 4.69) is 5.10 Å². The van der Waals surface area contributed by atoms with Gasteiger partial charge in [0.15, 0.2) is 5.69 Å². The molecule has 0 atom stereocenters. The van der Waals surface area contributed by atoms with Gasteiger partial charge in [0.05, 0.1) is 22.2 Å². The Bertz CT molecular complexity index is 774. The van der Waals surface area contributed by atoms with Crippen molar-refractivity contribution in [2.24, 2.45) is 0 Å². The molecule has 0 saturated carbocycles. The lowest BCUT2D eigenvalue weighted by Crippen LogP contribution is -2.33. The van der Waals surface area contributed by atoms with Crippen molar-refractivity contribution < 1.29 is 14.7 Å². The average molecular weight is 370 g/mol. The van der Waals surface area contributed by atoms with E-state index >= 15 is 0 Å². The number of amides is 1. The van der Waals surface area contributed by atoms with E-state index in [0.717, 1.165) is 5.69 Å². The maximum Gasteiger partial charge on any atom is 0.305 e. The number of aliphatic carboxylic acids is 1. The smallest absolute Gasteiger partial charge is 0.305 e. The van der Waals surface area contributed by atoms with Gasteiger partial charge in [0.25, 0.3) is 5.91 Å². The third kappa shape index (κ3) is 4.07. The second-order valence-electron chi connectivity index (χ2n) is 5.21. The second kappa shape index (κ2) is 7.68. The summed E-state index contributed by atoms with van der Waals surface area (Å²) in [4.78, 5) is 24.7. The van der Waals surface area contributed by atoms with Gasteiger partial charge in [-0.3, -0.25) is 9.59 Å². The molecule has 0 aliphatic carbocycles. The Morgan fingerprint density at radius 3 is 2.54 bits per heavy atom.